The number of likely N-dealkylation sites (N-methyl/N-ethyl adjacent to an activating group) is 1. The zero-order valence-electron chi connectivity index (χ0n) is 23.9. The number of hydrogen-bond donors (Lipinski definition) is 4. The number of H-pyrrole nitrogens is 1. The fourth-order valence-electron chi connectivity index (χ4n) is 5.68. The number of aromatic amines is 1. The second-order valence-electron chi connectivity index (χ2n) is 10.8. The minimum absolute atomic E-state index is 0. The first-order valence-corrected chi connectivity index (χ1v) is 13.8. The van der Waals surface area contributed by atoms with E-state index >= 15 is 0 Å². The van der Waals surface area contributed by atoms with Gasteiger partial charge in [0.1, 0.15) is 17.2 Å². The van der Waals surface area contributed by atoms with Crippen molar-refractivity contribution in [3.05, 3.63) is 93.9 Å². The highest BCUT2D eigenvalue weighted by atomic mass is 19.1. The fourth-order valence-corrected chi connectivity index (χ4v) is 5.68. The lowest BCUT2D eigenvalue weighted by molar-refractivity contribution is -0.123. The van der Waals surface area contributed by atoms with E-state index in [2.05, 4.69) is 25.6 Å². The van der Waals surface area contributed by atoms with Crippen LogP contribution in [-0.4, -0.2) is 63.1 Å². The van der Waals surface area contributed by atoms with E-state index in [4.69, 9.17) is 10.7 Å². The van der Waals surface area contributed by atoms with Gasteiger partial charge in [0.25, 0.3) is 5.91 Å². The maximum absolute atomic E-state index is 14.8. The van der Waals surface area contributed by atoms with E-state index in [1.165, 1.54) is 18.2 Å². The van der Waals surface area contributed by atoms with Gasteiger partial charge in [-0.25, -0.2) is 18.7 Å². The molecule has 4 heterocycles. The summed E-state index contributed by atoms with van der Waals surface area (Å²) in [6, 6.07) is 10.6. The molecule has 2 aliphatic heterocycles. The van der Waals surface area contributed by atoms with E-state index in [1.54, 1.807) is 42.4 Å². The van der Waals surface area contributed by atoms with Crippen LogP contribution in [0.25, 0.3) is 11.3 Å². The Morgan fingerprint density at radius 1 is 1.07 bits per heavy atom. The van der Waals surface area contributed by atoms with Crippen LogP contribution in [0.15, 0.2) is 53.7 Å². The monoisotopic (exact) mass is 600 g/mol. The molecular formula is C32H34F2N8O2. The van der Waals surface area contributed by atoms with Crippen LogP contribution in [-0.2, 0) is 11.3 Å². The Labute approximate surface area is 253 Å². The van der Waals surface area contributed by atoms with E-state index in [0.717, 1.165) is 11.3 Å². The molecule has 10 nitrogen and oxygen atoms in total. The molecule has 0 saturated carbocycles. The third-order valence-corrected chi connectivity index (χ3v) is 8.34. The van der Waals surface area contributed by atoms with E-state index in [0.29, 0.717) is 52.7 Å². The summed E-state index contributed by atoms with van der Waals surface area (Å²) < 4.78 is 29.7. The molecule has 1 fully saturated rings. The number of nitrogens with one attached hydrogen (secondary N) is 3. The third-order valence-electron chi connectivity index (χ3n) is 8.34. The summed E-state index contributed by atoms with van der Waals surface area (Å²) in [5, 5.41) is 6.15. The summed E-state index contributed by atoms with van der Waals surface area (Å²) in [6.07, 6.45) is 2.10. The highest BCUT2D eigenvalue weighted by Gasteiger charge is 2.43. The third kappa shape index (κ3) is 5.11. The Morgan fingerprint density at radius 2 is 1.77 bits per heavy atom. The smallest absolute Gasteiger partial charge is 0.253 e. The number of primary amides is 1. The topological polar surface area (TPSA) is 141 Å². The molecule has 1 saturated heterocycles. The number of amides is 2. The molecule has 6 rings (SSSR count). The van der Waals surface area contributed by atoms with Crippen LogP contribution in [0.3, 0.4) is 0 Å². The van der Waals surface area contributed by atoms with Crippen LogP contribution in [0.5, 0.6) is 0 Å². The highest BCUT2D eigenvalue weighted by Crippen LogP contribution is 2.36. The van der Waals surface area contributed by atoms with Crippen molar-refractivity contribution in [1.82, 2.24) is 25.2 Å². The van der Waals surface area contributed by atoms with Crippen LogP contribution in [0.4, 0.5) is 20.4 Å². The van der Waals surface area contributed by atoms with Crippen LogP contribution in [0.2, 0.25) is 0 Å². The van der Waals surface area contributed by atoms with Crippen molar-refractivity contribution in [2.45, 2.75) is 39.8 Å². The van der Waals surface area contributed by atoms with Crippen molar-refractivity contribution in [3.8, 4) is 11.3 Å². The summed E-state index contributed by atoms with van der Waals surface area (Å²) in [5.41, 5.74) is 9.99. The lowest BCUT2D eigenvalue weighted by Gasteiger charge is -2.25. The van der Waals surface area contributed by atoms with Crippen LogP contribution >= 0.6 is 0 Å². The fraction of sp³-hybridized carbons (Fsp3) is 0.281. The van der Waals surface area contributed by atoms with Gasteiger partial charge in [0.05, 0.1) is 29.2 Å². The van der Waals surface area contributed by atoms with Crippen molar-refractivity contribution in [1.29, 1.82) is 0 Å². The molecule has 5 N–H and O–H groups in total. The quantitative estimate of drug-likeness (QED) is 0.259. The second-order valence-corrected chi connectivity index (χ2v) is 10.8. The molecule has 2 aromatic heterocycles. The van der Waals surface area contributed by atoms with Crippen LogP contribution in [0, 0.1) is 25.5 Å². The number of aliphatic imine (C=N–C) groups is 1. The first-order chi connectivity index (χ1) is 20.6. The van der Waals surface area contributed by atoms with Crippen molar-refractivity contribution in [3.63, 3.8) is 0 Å². The van der Waals surface area contributed by atoms with Crippen molar-refractivity contribution < 1.29 is 18.4 Å². The number of rotatable bonds is 6. The predicted molar refractivity (Wildman–Crippen MR) is 165 cm³/mol. The Hall–Kier alpha value is -4.97. The van der Waals surface area contributed by atoms with E-state index in [-0.39, 0.29) is 37.7 Å². The standard InChI is InChI=1S/C31H30F2N8O2.CH4/c1-16-17(2)38-27-23(16)25-19(13-36-26(27)24-21(32)5-4-6-22(24)33)14-37-30(40-25)39-20-9-7-18(8-10-20)28(42)41-12-11-31(15-41,35-3)29(34)43;/h4-10,14,35,38H,11-13,15H2,1-3H3,(H2,34,43)(H,37,39,40);1H4. The molecular weight excluding hydrogens is 566 g/mol. The molecule has 0 spiro atoms. The lowest BCUT2D eigenvalue weighted by atomic mass is 9.98. The maximum Gasteiger partial charge on any atom is 0.253 e. The average molecular weight is 601 g/mol. The Bertz CT molecular complexity index is 1780. The first-order valence-electron chi connectivity index (χ1n) is 13.8. The number of likely N-dealkylation sites (tertiary alicyclic amines) is 1. The Kier molecular flexibility index (Phi) is 8.04. The molecule has 0 aliphatic carbocycles. The van der Waals surface area contributed by atoms with Gasteiger partial charge in [-0.15, -0.1) is 0 Å². The number of nitrogens with two attached hydrogens (primary N) is 1. The van der Waals surface area contributed by atoms with E-state index in [9.17, 15) is 18.4 Å². The summed E-state index contributed by atoms with van der Waals surface area (Å²) in [6.45, 7) is 4.56. The first kappa shape index (κ1) is 30.5. The number of benzene rings is 2. The zero-order chi connectivity index (χ0) is 30.5. The minimum Gasteiger partial charge on any atom is -0.368 e. The number of fused-ring (bicyclic) bond motifs is 3. The zero-order valence-corrected chi connectivity index (χ0v) is 23.9. The van der Waals surface area contributed by atoms with Crippen LogP contribution < -0.4 is 16.4 Å². The molecule has 228 valence electrons. The number of carbonyl (C=O) groups excluding carboxylic acids is 2. The number of hydrogen-bond acceptors (Lipinski definition) is 7. The van der Waals surface area contributed by atoms with Gasteiger partial charge in [0.15, 0.2) is 0 Å². The molecule has 1 unspecified atom stereocenters. The lowest BCUT2D eigenvalue weighted by Crippen LogP contribution is -2.56. The normalized spacial score (nSPS) is 17.2. The molecule has 2 amide bonds. The number of anilines is 2. The Balaban J connectivity index is 0.00000384. The van der Waals surface area contributed by atoms with Gasteiger partial charge in [-0.1, -0.05) is 13.5 Å². The number of halogens is 2. The average Bonchev–Trinajstić information content (AvgIpc) is 3.52. The largest absolute Gasteiger partial charge is 0.368 e. The van der Waals surface area contributed by atoms with Gasteiger partial charge in [-0.2, -0.15) is 0 Å². The van der Waals surface area contributed by atoms with Gasteiger partial charge in [0, 0.05) is 47.4 Å². The number of nitrogens with zero attached hydrogens (tertiary/aromatic N) is 4. The summed E-state index contributed by atoms with van der Waals surface area (Å²) in [5.74, 6) is -1.77. The molecule has 1 atom stereocenters. The molecule has 0 radical (unpaired) electrons. The van der Waals surface area contributed by atoms with E-state index in [1.807, 2.05) is 13.8 Å². The second kappa shape index (κ2) is 11.6. The van der Waals surface area contributed by atoms with Gasteiger partial charge in [0.2, 0.25) is 11.9 Å². The van der Waals surface area contributed by atoms with E-state index < -0.39 is 23.1 Å². The van der Waals surface area contributed by atoms with Gasteiger partial charge < -0.3 is 26.3 Å². The number of aryl methyl sites for hydroxylation is 1. The van der Waals surface area contributed by atoms with Gasteiger partial charge >= 0.3 is 0 Å². The highest BCUT2D eigenvalue weighted by molar-refractivity contribution is 6.16. The van der Waals surface area contributed by atoms with Crippen molar-refractivity contribution in [2.75, 3.05) is 25.5 Å². The molecule has 0 bridgehead atoms. The summed E-state index contributed by atoms with van der Waals surface area (Å²) in [7, 11) is 1.66. The molecule has 4 aromatic rings. The molecule has 2 aromatic carbocycles. The molecule has 44 heavy (non-hydrogen) atoms. The summed E-state index contributed by atoms with van der Waals surface area (Å²) in [4.78, 5) is 43.8. The molecule has 2 aliphatic rings. The Morgan fingerprint density at radius 3 is 2.41 bits per heavy atom. The molecule has 12 heteroatoms. The predicted octanol–water partition coefficient (Wildman–Crippen LogP) is 4.39. The van der Waals surface area contributed by atoms with Crippen molar-refractivity contribution >= 4 is 29.2 Å². The minimum atomic E-state index is -0.925. The van der Waals surface area contributed by atoms with Crippen LogP contribution in [0.1, 0.15) is 52.3 Å². The van der Waals surface area contributed by atoms with Gasteiger partial charge in [-0.3, -0.25) is 14.6 Å². The van der Waals surface area contributed by atoms with Crippen molar-refractivity contribution in [2.24, 2.45) is 10.7 Å². The van der Waals surface area contributed by atoms with Gasteiger partial charge in [-0.05, 0) is 69.3 Å². The number of carbonyl (C=O) groups is 2. The number of aromatic nitrogens is 3. The SMILES string of the molecule is C.CNC1(C(N)=O)CCN(C(=O)c2ccc(Nc3ncc4c(n3)-c3c([nH]c(C)c3C)C(c3c(F)cccc3F)=NC4)cc2)C1. The summed E-state index contributed by atoms with van der Waals surface area (Å²) >= 11 is 0. The maximum atomic E-state index is 14.8.